The average Bonchev–Trinajstić information content (AvgIpc) is 3.61. The number of benzene rings is 2. The quantitative estimate of drug-likeness (QED) is 0.311. The van der Waals surface area contributed by atoms with Crippen molar-refractivity contribution in [2.75, 3.05) is 18.2 Å². The molecule has 0 bridgehead atoms. The molecule has 4 N–H and O–H groups in total. The molecule has 4 aromatic rings. The van der Waals surface area contributed by atoms with E-state index in [9.17, 15) is 22.8 Å². The molecule has 0 aliphatic heterocycles. The standard InChI is InChI=1S/C27H22F3N7O3/c1-3-4-20(38)34-17-8-5-15(6-9-17)22-21(23-24(31)32-14-33-37(23)36-22)16-7-10-18(19(13-16)40-2)25(39)35-26(11-12-26)27(28,29)30/h5-10,13-14H,11-12H2,1-2H3,(H,34,38)(H,35,39)(H2,31,32,33). The highest BCUT2D eigenvalue weighted by Crippen LogP contribution is 2.49. The lowest BCUT2D eigenvalue weighted by Gasteiger charge is -2.21. The zero-order chi connectivity index (χ0) is 28.7. The van der Waals surface area contributed by atoms with Crippen LogP contribution in [0.15, 0.2) is 48.8 Å². The number of nitrogen functional groups attached to an aromatic ring is 1. The van der Waals surface area contributed by atoms with Crippen LogP contribution in [-0.2, 0) is 4.79 Å². The van der Waals surface area contributed by atoms with Gasteiger partial charge >= 0.3 is 6.18 Å². The highest BCUT2D eigenvalue weighted by atomic mass is 19.4. The second kappa shape index (κ2) is 9.88. The van der Waals surface area contributed by atoms with Crippen molar-refractivity contribution in [2.45, 2.75) is 31.5 Å². The average molecular weight is 550 g/mol. The number of alkyl halides is 3. The minimum atomic E-state index is -4.55. The number of carbonyl (C=O) groups is 2. The topological polar surface area (TPSA) is 137 Å². The Bertz CT molecular complexity index is 1700. The van der Waals surface area contributed by atoms with Gasteiger partial charge in [0.05, 0.1) is 12.7 Å². The molecule has 1 fully saturated rings. The maximum Gasteiger partial charge on any atom is 0.411 e. The van der Waals surface area contributed by atoms with Crippen molar-refractivity contribution in [1.29, 1.82) is 0 Å². The van der Waals surface area contributed by atoms with Crippen molar-refractivity contribution in [3.8, 4) is 40.0 Å². The Labute approximate surface area is 225 Å². The van der Waals surface area contributed by atoms with Crippen LogP contribution >= 0.6 is 0 Å². The molecule has 0 radical (unpaired) electrons. The van der Waals surface area contributed by atoms with Gasteiger partial charge in [-0.15, -0.1) is 14.8 Å². The molecule has 2 aromatic carbocycles. The molecule has 1 aliphatic carbocycles. The molecular weight excluding hydrogens is 527 g/mol. The molecule has 2 heterocycles. The second-order valence-electron chi connectivity index (χ2n) is 9.06. The summed E-state index contributed by atoms with van der Waals surface area (Å²) in [5.41, 5.74) is 6.91. The Morgan fingerprint density at radius 1 is 1.12 bits per heavy atom. The first-order valence-corrected chi connectivity index (χ1v) is 12.0. The number of halogens is 3. The molecule has 5 rings (SSSR count). The minimum Gasteiger partial charge on any atom is -0.496 e. The van der Waals surface area contributed by atoms with E-state index in [1.54, 1.807) is 37.3 Å². The van der Waals surface area contributed by atoms with Gasteiger partial charge in [-0.25, -0.2) is 4.98 Å². The Kier molecular flexibility index (Phi) is 6.54. The second-order valence-corrected chi connectivity index (χ2v) is 9.06. The number of amides is 2. The van der Waals surface area contributed by atoms with E-state index >= 15 is 0 Å². The predicted molar refractivity (Wildman–Crippen MR) is 140 cm³/mol. The molecule has 0 saturated heterocycles. The smallest absolute Gasteiger partial charge is 0.411 e. The van der Waals surface area contributed by atoms with Crippen LogP contribution in [0.3, 0.4) is 0 Å². The number of fused-ring (bicyclic) bond motifs is 1. The first-order chi connectivity index (χ1) is 19.1. The van der Waals surface area contributed by atoms with E-state index in [1.165, 1.54) is 30.2 Å². The number of hydrogen-bond donors (Lipinski definition) is 3. The summed E-state index contributed by atoms with van der Waals surface area (Å²) < 4.78 is 47.0. The van der Waals surface area contributed by atoms with Gasteiger partial charge in [-0.2, -0.15) is 13.2 Å². The first-order valence-electron chi connectivity index (χ1n) is 12.0. The van der Waals surface area contributed by atoms with Crippen LogP contribution in [-0.4, -0.2) is 50.5 Å². The molecule has 204 valence electrons. The molecule has 2 aromatic heterocycles. The molecule has 0 atom stereocenters. The molecule has 13 heteroatoms. The van der Waals surface area contributed by atoms with Crippen molar-refractivity contribution in [1.82, 2.24) is 25.1 Å². The third-order valence-corrected chi connectivity index (χ3v) is 6.50. The Hall–Kier alpha value is -5.12. The fraction of sp³-hybridized carbons (Fsp3) is 0.222. The summed E-state index contributed by atoms with van der Waals surface area (Å²) in [5.74, 6) is 3.77. The Morgan fingerprint density at radius 2 is 1.82 bits per heavy atom. The van der Waals surface area contributed by atoms with Crippen molar-refractivity contribution < 1.29 is 27.5 Å². The van der Waals surface area contributed by atoms with E-state index in [2.05, 4.69) is 37.7 Å². The molecule has 0 spiro atoms. The number of nitrogens with zero attached hydrogens (tertiary/aromatic N) is 4. The molecule has 1 saturated carbocycles. The van der Waals surface area contributed by atoms with E-state index < -0.39 is 23.5 Å². The number of hydrogen-bond acceptors (Lipinski definition) is 7. The molecule has 10 nitrogen and oxygen atoms in total. The third-order valence-electron chi connectivity index (χ3n) is 6.50. The fourth-order valence-electron chi connectivity index (χ4n) is 4.31. The van der Waals surface area contributed by atoms with Crippen LogP contribution in [0.25, 0.3) is 27.9 Å². The number of methoxy groups -OCH3 is 1. The van der Waals surface area contributed by atoms with Gasteiger partial charge < -0.3 is 21.1 Å². The number of aromatic nitrogens is 4. The van der Waals surface area contributed by atoms with Crippen LogP contribution in [0.1, 0.15) is 30.1 Å². The third kappa shape index (κ3) is 4.75. The molecular formula is C27H22F3N7O3. The number of anilines is 2. The molecule has 2 amide bonds. The monoisotopic (exact) mass is 549 g/mol. The summed E-state index contributed by atoms with van der Waals surface area (Å²) in [5, 5.41) is 13.5. The van der Waals surface area contributed by atoms with E-state index in [4.69, 9.17) is 10.5 Å². The van der Waals surface area contributed by atoms with Gasteiger partial charge in [0.2, 0.25) is 0 Å². The van der Waals surface area contributed by atoms with Crippen LogP contribution in [0, 0.1) is 11.8 Å². The normalized spacial score (nSPS) is 13.7. The Balaban J connectivity index is 1.56. The van der Waals surface area contributed by atoms with Crippen LogP contribution in [0.5, 0.6) is 5.75 Å². The summed E-state index contributed by atoms with van der Waals surface area (Å²) in [6.45, 7) is 1.56. The summed E-state index contributed by atoms with van der Waals surface area (Å²) in [4.78, 5) is 28.7. The van der Waals surface area contributed by atoms with Crippen molar-refractivity contribution in [3.63, 3.8) is 0 Å². The summed E-state index contributed by atoms with van der Waals surface area (Å²) in [6.07, 6.45) is -3.66. The zero-order valence-corrected chi connectivity index (χ0v) is 21.3. The Morgan fingerprint density at radius 3 is 2.45 bits per heavy atom. The van der Waals surface area contributed by atoms with Gasteiger partial charge in [-0.3, -0.25) is 9.59 Å². The highest BCUT2D eigenvalue weighted by Gasteiger charge is 2.64. The fourth-order valence-corrected chi connectivity index (χ4v) is 4.31. The van der Waals surface area contributed by atoms with Gasteiger partial charge in [0.25, 0.3) is 11.8 Å². The maximum absolute atomic E-state index is 13.4. The lowest BCUT2D eigenvalue weighted by Crippen LogP contribution is -2.47. The van der Waals surface area contributed by atoms with Gasteiger partial charge in [-0.1, -0.05) is 24.1 Å². The van der Waals surface area contributed by atoms with Crippen molar-refractivity contribution >= 4 is 28.8 Å². The van der Waals surface area contributed by atoms with Gasteiger partial charge in [0.15, 0.2) is 5.82 Å². The summed E-state index contributed by atoms with van der Waals surface area (Å²) >= 11 is 0. The number of rotatable bonds is 6. The van der Waals surface area contributed by atoms with Crippen LogP contribution in [0.4, 0.5) is 24.7 Å². The number of carbonyl (C=O) groups excluding carboxylic acids is 2. The van der Waals surface area contributed by atoms with Crippen molar-refractivity contribution in [3.05, 3.63) is 54.4 Å². The number of nitrogens with two attached hydrogens (primary N) is 1. The molecule has 1 aliphatic rings. The van der Waals surface area contributed by atoms with Crippen LogP contribution in [0.2, 0.25) is 0 Å². The van der Waals surface area contributed by atoms with E-state index in [0.29, 0.717) is 33.6 Å². The van der Waals surface area contributed by atoms with Gasteiger partial charge in [0.1, 0.15) is 28.8 Å². The minimum absolute atomic E-state index is 0.0562. The lowest BCUT2D eigenvalue weighted by atomic mass is 9.97. The van der Waals surface area contributed by atoms with Gasteiger partial charge in [0, 0.05) is 16.8 Å². The number of ether oxygens (including phenoxy) is 1. The largest absolute Gasteiger partial charge is 0.496 e. The highest BCUT2D eigenvalue weighted by molar-refractivity contribution is 6.04. The number of nitrogens with one attached hydrogen (secondary N) is 2. The van der Waals surface area contributed by atoms with E-state index in [0.717, 1.165) is 0 Å². The first kappa shape index (κ1) is 26.5. The maximum atomic E-state index is 13.4. The lowest BCUT2D eigenvalue weighted by molar-refractivity contribution is -0.163. The molecule has 0 unspecified atom stereocenters. The van der Waals surface area contributed by atoms with E-state index in [-0.39, 0.29) is 30.0 Å². The van der Waals surface area contributed by atoms with E-state index in [1.807, 2.05) is 0 Å². The van der Waals surface area contributed by atoms with Crippen molar-refractivity contribution in [2.24, 2.45) is 0 Å². The molecule has 40 heavy (non-hydrogen) atoms. The zero-order valence-electron chi connectivity index (χ0n) is 21.3. The predicted octanol–water partition coefficient (Wildman–Crippen LogP) is 3.84. The summed E-state index contributed by atoms with van der Waals surface area (Å²) in [6, 6.07) is 11.3. The van der Waals surface area contributed by atoms with Crippen LogP contribution < -0.4 is 21.1 Å². The van der Waals surface area contributed by atoms with Gasteiger partial charge in [-0.05, 0) is 55.5 Å². The summed E-state index contributed by atoms with van der Waals surface area (Å²) in [7, 11) is 1.32. The SMILES string of the molecule is CC#CC(=O)Nc1ccc(-c2nn3ncnc(N)c3c2-c2ccc(C(=O)NC3(C(F)(F)F)CC3)c(OC)c2)cc1.